The number of nitrogens with two attached hydrogens (primary N) is 1. The molecular weight excluding hydrogens is 210 g/mol. The number of hydrogen-bond acceptors (Lipinski definition) is 6. The zero-order chi connectivity index (χ0) is 12.0. The second kappa shape index (κ2) is 6.37. The molecule has 90 valence electrons. The van der Waals surface area contributed by atoms with Crippen molar-refractivity contribution in [1.82, 2.24) is 9.97 Å². The third-order valence-corrected chi connectivity index (χ3v) is 2.09. The Kier molecular flexibility index (Phi) is 5.10. The van der Waals surface area contributed by atoms with Crippen LogP contribution in [-0.4, -0.2) is 39.4 Å². The van der Waals surface area contributed by atoms with Crippen LogP contribution in [0.2, 0.25) is 0 Å². The molecule has 0 saturated heterocycles. The summed E-state index contributed by atoms with van der Waals surface area (Å²) in [6.45, 7) is 2.63. The molecule has 1 rings (SSSR count). The van der Waals surface area contributed by atoms with Crippen LogP contribution >= 0.6 is 0 Å². The predicted molar refractivity (Wildman–Crippen MR) is 57.8 cm³/mol. The Labute approximate surface area is 94.1 Å². The fourth-order valence-electron chi connectivity index (χ4n) is 1.23. The van der Waals surface area contributed by atoms with E-state index in [4.69, 9.17) is 10.5 Å². The van der Waals surface area contributed by atoms with Crippen LogP contribution in [0.1, 0.15) is 25.0 Å². The van der Waals surface area contributed by atoms with Gasteiger partial charge in [0.1, 0.15) is 6.10 Å². The highest BCUT2D eigenvalue weighted by Gasteiger charge is 2.18. The van der Waals surface area contributed by atoms with E-state index in [2.05, 4.69) is 9.97 Å². The Morgan fingerprint density at radius 3 is 2.50 bits per heavy atom. The first kappa shape index (κ1) is 12.8. The van der Waals surface area contributed by atoms with Crippen molar-refractivity contribution in [2.45, 2.75) is 25.6 Å². The van der Waals surface area contributed by atoms with E-state index >= 15 is 0 Å². The zero-order valence-electron chi connectivity index (χ0n) is 9.21. The Morgan fingerprint density at radius 1 is 1.38 bits per heavy atom. The Hall–Kier alpha value is -1.24. The van der Waals surface area contributed by atoms with Gasteiger partial charge in [-0.1, -0.05) is 0 Å². The summed E-state index contributed by atoms with van der Waals surface area (Å²) >= 11 is 0. The maximum absolute atomic E-state index is 9.71. The fraction of sp³-hybridized carbons (Fsp3) is 0.600. The van der Waals surface area contributed by atoms with Gasteiger partial charge >= 0.3 is 6.01 Å². The molecule has 0 saturated carbocycles. The smallest absolute Gasteiger partial charge is 0.316 e. The van der Waals surface area contributed by atoms with Crippen molar-refractivity contribution in [2.24, 2.45) is 5.73 Å². The van der Waals surface area contributed by atoms with Crippen LogP contribution in [0.25, 0.3) is 0 Å². The van der Waals surface area contributed by atoms with Crippen molar-refractivity contribution < 1.29 is 14.9 Å². The summed E-state index contributed by atoms with van der Waals surface area (Å²) in [4.78, 5) is 7.79. The largest absolute Gasteiger partial charge is 0.464 e. The summed E-state index contributed by atoms with van der Waals surface area (Å²) in [5, 5.41) is 19.2. The number of aliphatic hydroxyl groups is 2. The van der Waals surface area contributed by atoms with E-state index in [1.54, 1.807) is 0 Å². The first-order valence-electron chi connectivity index (χ1n) is 5.20. The van der Waals surface area contributed by atoms with Crippen molar-refractivity contribution in [2.75, 3.05) is 13.2 Å². The van der Waals surface area contributed by atoms with Gasteiger partial charge in [-0.2, -0.15) is 0 Å². The van der Waals surface area contributed by atoms with Crippen LogP contribution in [0, 0.1) is 0 Å². The molecule has 16 heavy (non-hydrogen) atoms. The Morgan fingerprint density at radius 2 is 2.00 bits per heavy atom. The molecule has 0 fully saturated rings. The normalized spacial score (nSPS) is 14.5. The van der Waals surface area contributed by atoms with Crippen molar-refractivity contribution in [1.29, 1.82) is 0 Å². The number of ether oxygens (including phenoxy) is 1. The summed E-state index contributed by atoms with van der Waals surface area (Å²) in [6, 6.07) is 0.256. The maximum atomic E-state index is 9.71. The first-order valence-corrected chi connectivity index (χ1v) is 5.20. The van der Waals surface area contributed by atoms with Gasteiger partial charge in [0.2, 0.25) is 0 Å². The van der Waals surface area contributed by atoms with E-state index in [0.717, 1.165) is 0 Å². The van der Waals surface area contributed by atoms with Gasteiger partial charge in [-0.25, -0.2) is 9.97 Å². The molecule has 0 aromatic carbocycles. The van der Waals surface area contributed by atoms with E-state index < -0.39 is 12.2 Å². The molecular formula is C10H17N3O3. The standard InChI is InChI=1S/C10H17N3O3/c1-2-16-10-12-5-7(6-13-10)9(15)8(14)3-4-11/h5-6,8-9,14-15H,2-4,11H2,1H3. The molecule has 6 heteroatoms. The van der Waals surface area contributed by atoms with Crippen LogP contribution in [0.5, 0.6) is 6.01 Å². The minimum atomic E-state index is -1.01. The molecule has 0 amide bonds. The summed E-state index contributed by atoms with van der Waals surface area (Å²) in [6.07, 6.45) is 1.28. The van der Waals surface area contributed by atoms with E-state index in [9.17, 15) is 10.2 Å². The summed E-state index contributed by atoms with van der Waals surface area (Å²) in [5.41, 5.74) is 5.74. The van der Waals surface area contributed by atoms with Crippen molar-refractivity contribution >= 4 is 0 Å². The molecule has 6 nitrogen and oxygen atoms in total. The number of nitrogens with zero attached hydrogens (tertiary/aromatic N) is 2. The van der Waals surface area contributed by atoms with Crippen LogP contribution in [0.15, 0.2) is 12.4 Å². The topological polar surface area (TPSA) is 101 Å². The lowest BCUT2D eigenvalue weighted by molar-refractivity contribution is 0.0145. The van der Waals surface area contributed by atoms with Crippen LogP contribution in [0.3, 0.4) is 0 Å². The number of rotatable bonds is 6. The van der Waals surface area contributed by atoms with Gasteiger partial charge in [0.25, 0.3) is 0 Å². The van der Waals surface area contributed by atoms with Gasteiger partial charge in [0, 0.05) is 18.0 Å². The zero-order valence-corrected chi connectivity index (χ0v) is 9.21. The molecule has 1 aromatic rings. The average Bonchev–Trinajstić information content (AvgIpc) is 2.30. The third kappa shape index (κ3) is 3.41. The summed E-state index contributed by atoms with van der Waals surface area (Å²) in [7, 11) is 0. The van der Waals surface area contributed by atoms with E-state index in [1.807, 2.05) is 6.92 Å². The predicted octanol–water partition coefficient (Wildman–Crippen LogP) is -0.382. The van der Waals surface area contributed by atoms with Gasteiger partial charge in [-0.3, -0.25) is 0 Å². The van der Waals surface area contributed by atoms with E-state index in [-0.39, 0.29) is 6.01 Å². The molecule has 1 heterocycles. The van der Waals surface area contributed by atoms with Gasteiger partial charge in [0.15, 0.2) is 0 Å². The Balaban J connectivity index is 2.65. The number of hydrogen-bond donors (Lipinski definition) is 3. The van der Waals surface area contributed by atoms with Crippen LogP contribution in [0.4, 0.5) is 0 Å². The molecule has 0 aliphatic carbocycles. The Bertz CT molecular complexity index is 305. The minimum absolute atomic E-state index is 0.256. The highest BCUT2D eigenvalue weighted by atomic mass is 16.5. The minimum Gasteiger partial charge on any atom is -0.464 e. The SMILES string of the molecule is CCOc1ncc(C(O)C(O)CCN)cn1. The van der Waals surface area contributed by atoms with Gasteiger partial charge in [-0.15, -0.1) is 0 Å². The maximum Gasteiger partial charge on any atom is 0.316 e. The molecule has 0 aliphatic rings. The third-order valence-electron chi connectivity index (χ3n) is 2.09. The monoisotopic (exact) mass is 227 g/mol. The lowest BCUT2D eigenvalue weighted by Crippen LogP contribution is -2.22. The lowest BCUT2D eigenvalue weighted by atomic mass is 10.1. The first-order chi connectivity index (χ1) is 7.69. The van der Waals surface area contributed by atoms with Gasteiger partial charge < -0.3 is 20.7 Å². The van der Waals surface area contributed by atoms with Crippen molar-refractivity contribution in [3.63, 3.8) is 0 Å². The molecule has 0 aliphatic heterocycles. The average molecular weight is 227 g/mol. The van der Waals surface area contributed by atoms with E-state index in [0.29, 0.717) is 25.1 Å². The van der Waals surface area contributed by atoms with Crippen molar-refractivity contribution in [3.05, 3.63) is 18.0 Å². The quantitative estimate of drug-likeness (QED) is 0.612. The molecule has 4 N–H and O–H groups in total. The fourth-order valence-corrected chi connectivity index (χ4v) is 1.23. The second-order valence-electron chi connectivity index (χ2n) is 3.32. The number of aromatic nitrogens is 2. The van der Waals surface area contributed by atoms with Crippen LogP contribution < -0.4 is 10.5 Å². The van der Waals surface area contributed by atoms with Gasteiger partial charge in [0.05, 0.1) is 12.7 Å². The molecule has 0 spiro atoms. The van der Waals surface area contributed by atoms with E-state index in [1.165, 1.54) is 12.4 Å². The molecule has 2 unspecified atom stereocenters. The van der Waals surface area contributed by atoms with Gasteiger partial charge in [-0.05, 0) is 19.9 Å². The molecule has 0 bridgehead atoms. The van der Waals surface area contributed by atoms with Crippen molar-refractivity contribution in [3.8, 4) is 6.01 Å². The lowest BCUT2D eigenvalue weighted by Gasteiger charge is -2.16. The molecule has 0 radical (unpaired) electrons. The number of aliphatic hydroxyl groups excluding tert-OH is 2. The second-order valence-corrected chi connectivity index (χ2v) is 3.32. The molecule has 1 aromatic heterocycles. The highest BCUT2D eigenvalue weighted by Crippen LogP contribution is 2.17. The summed E-state index contributed by atoms with van der Waals surface area (Å²) < 4.78 is 5.06. The summed E-state index contributed by atoms with van der Waals surface area (Å²) in [5.74, 6) is 0. The van der Waals surface area contributed by atoms with Crippen LogP contribution in [-0.2, 0) is 0 Å². The molecule has 2 atom stereocenters. The highest BCUT2D eigenvalue weighted by molar-refractivity contribution is 5.11.